The molecule has 1 aliphatic rings. The third kappa shape index (κ3) is 2.08. The highest BCUT2D eigenvalue weighted by atomic mass is 16.2. The lowest BCUT2D eigenvalue weighted by molar-refractivity contribution is 0.0637. The molecule has 2 N–H and O–H groups in total. The van der Waals surface area contributed by atoms with E-state index in [1.165, 1.54) is 0 Å². The van der Waals surface area contributed by atoms with E-state index in [9.17, 15) is 4.79 Å². The lowest BCUT2D eigenvalue weighted by atomic mass is 9.98. The first-order chi connectivity index (χ1) is 9.64. The average Bonchev–Trinajstić information content (AvgIpc) is 2.88. The van der Waals surface area contributed by atoms with Gasteiger partial charge in [-0.3, -0.25) is 4.79 Å². The van der Waals surface area contributed by atoms with Crippen molar-refractivity contribution in [3.8, 4) is 0 Å². The summed E-state index contributed by atoms with van der Waals surface area (Å²) in [4.78, 5) is 14.7. The number of hydrogen-bond donors (Lipinski definition) is 1. The van der Waals surface area contributed by atoms with Crippen LogP contribution in [-0.4, -0.2) is 29.4 Å². The molecule has 2 aromatic rings. The molecule has 1 fully saturated rings. The second-order valence-electron chi connectivity index (χ2n) is 5.82. The van der Waals surface area contributed by atoms with E-state index in [0.29, 0.717) is 6.54 Å². The quantitative estimate of drug-likeness (QED) is 0.910. The van der Waals surface area contributed by atoms with Crippen LogP contribution < -0.4 is 5.73 Å². The van der Waals surface area contributed by atoms with E-state index in [4.69, 9.17) is 5.73 Å². The Morgan fingerprint density at radius 3 is 2.75 bits per heavy atom. The smallest absolute Gasteiger partial charge is 0.254 e. The van der Waals surface area contributed by atoms with Crippen molar-refractivity contribution in [1.82, 2.24) is 4.90 Å². The molecule has 1 saturated heterocycles. The standard InChI is InChI=1S/C17H20N2O/c1-17(12-18)9-4-10-19(17)16(20)15-8-7-13-5-2-3-6-14(13)11-15/h2-3,5-8,11H,4,9-10,12,18H2,1H3. The SMILES string of the molecule is CC1(CN)CCCN1C(=O)c1ccc2ccccc2c1. The average molecular weight is 268 g/mol. The summed E-state index contributed by atoms with van der Waals surface area (Å²) < 4.78 is 0. The number of rotatable bonds is 2. The Bertz CT molecular complexity index is 652. The number of carbonyl (C=O) groups is 1. The van der Waals surface area contributed by atoms with Crippen molar-refractivity contribution in [3.05, 3.63) is 48.0 Å². The van der Waals surface area contributed by atoms with Crippen molar-refractivity contribution >= 4 is 16.7 Å². The highest BCUT2D eigenvalue weighted by molar-refractivity contribution is 5.99. The Labute approximate surface area is 119 Å². The van der Waals surface area contributed by atoms with Gasteiger partial charge in [0.1, 0.15) is 0 Å². The summed E-state index contributed by atoms with van der Waals surface area (Å²) in [5.74, 6) is 0.0983. The minimum atomic E-state index is -0.192. The number of fused-ring (bicyclic) bond motifs is 1. The number of carbonyl (C=O) groups excluding carboxylic acids is 1. The maximum absolute atomic E-state index is 12.7. The maximum atomic E-state index is 12.7. The largest absolute Gasteiger partial charge is 0.332 e. The fourth-order valence-electron chi connectivity index (χ4n) is 3.06. The van der Waals surface area contributed by atoms with Crippen molar-refractivity contribution in [2.75, 3.05) is 13.1 Å². The van der Waals surface area contributed by atoms with Gasteiger partial charge in [0.2, 0.25) is 0 Å². The summed E-state index contributed by atoms with van der Waals surface area (Å²) in [5.41, 5.74) is 6.43. The van der Waals surface area contributed by atoms with Crippen LogP contribution in [0.15, 0.2) is 42.5 Å². The zero-order valence-corrected chi connectivity index (χ0v) is 11.8. The number of hydrogen-bond acceptors (Lipinski definition) is 2. The highest BCUT2D eigenvalue weighted by Gasteiger charge is 2.38. The van der Waals surface area contributed by atoms with Gasteiger partial charge in [-0.15, -0.1) is 0 Å². The third-order valence-corrected chi connectivity index (χ3v) is 4.43. The van der Waals surface area contributed by atoms with Crippen molar-refractivity contribution in [3.63, 3.8) is 0 Å². The van der Waals surface area contributed by atoms with Gasteiger partial charge in [0, 0.05) is 18.7 Å². The molecule has 0 bridgehead atoms. The van der Waals surface area contributed by atoms with Crippen LogP contribution in [0.25, 0.3) is 10.8 Å². The van der Waals surface area contributed by atoms with Crippen molar-refractivity contribution < 1.29 is 4.79 Å². The molecule has 0 aromatic heterocycles. The van der Waals surface area contributed by atoms with E-state index in [0.717, 1.165) is 35.7 Å². The molecule has 1 amide bonds. The minimum Gasteiger partial charge on any atom is -0.332 e. The van der Waals surface area contributed by atoms with Crippen LogP contribution in [0, 0.1) is 0 Å². The predicted octanol–water partition coefficient (Wildman–Crippen LogP) is 2.79. The molecule has 20 heavy (non-hydrogen) atoms. The van der Waals surface area contributed by atoms with E-state index in [1.54, 1.807) is 0 Å². The molecular weight excluding hydrogens is 248 g/mol. The van der Waals surface area contributed by atoms with Crippen LogP contribution in [0.2, 0.25) is 0 Å². The molecule has 0 spiro atoms. The second-order valence-corrected chi connectivity index (χ2v) is 5.82. The first-order valence-electron chi connectivity index (χ1n) is 7.15. The lowest BCUT2D eigenvalue weighted by Crippen LogP contribution is -2.50. The first kappa shape index (κ1) is 13.1. The molecule has 1 atom stereocenters. The second kappa shape index (κ2) is 4.91. The van der Waals surface area contributed by atoms with Crippen LogP contribution in [0.4, 0.5) is 0 Å². The fraction of sp³-hybridized carbons (Fsp3) is 0.353. The van der Waals surface area contributed by atoms with E-state index in [2.05, 4.69) is 13.0 Å². The lowest BCUT2D eigenvalue weighted by Gasteiger charge is -2.34. The Balaban J connectivity index is 1.96. The van der Waals surface area contributed by atoms with Gasteiger partial charge in [-0.1, -0.05) is 30.3 Å². The van der Waals surface area contributed by atoms with E-state index in [1.807, 2.05) is 41.3 Å². The normalized spacial score (nSPS) is 22.4. The van der Waals surface area contributed by atoms with Crippen LogP contribution >= 0.6 is 0 Å². The van der Waals surface area contributed by atoms with Gasteiger partial charge in [0.05, 0.1) is 5.54 Å². The number of benzene rings is 2. The van der Waals surface area contributed by atoms with Gasteiger partial charge < -0.3 is 10.6 Å². The summed E-state index contributed by atoms with van der Waals surface area (Å²) >= 11 is 0. The van der Waals surface area contributed by atoms with Crippen molar-refractivity contribution in [2.24, 2.45) is 5.73 Å². The summed E-state index contributed by atoms with van der Waals surface area (Å²) in [5, 5.41) is 2.26. The van der Waals surface area contributed by atoms with E-state index in [-0.39, 0.29) is 11.4 Å². The van der Waals surface area contributed by atoms with Crippen LogP contribution in [0.1, 0.15) is 30.1 Å². The topological polar surface area (TPSA) is 46.3 Å². The monoisotopic (exact) mass is 268 g/mol. The summed E-state index contributed by atoms with van der Waals surface area (Å²) in [7, 11) is 0. The molecule has 0 aliphatic carbocycles. The summed E-state index contributed by atoms with van der Waals surface area (Å²) in [6.45, 7) is 3.41. The number of likely N-dealkylation sites (tertiary alicyclic amines) is 1. The molecule has 3 rings (SSSR count). The Hall–Kier alpha value is -1.87. The van der Waals surface area contributed by atoms with Gasteiger partial charge in [-0.25, -0.2) is 0 Å². The molecule has 0 radical (unpaired) electrons. The van der Waals surface area contributed by atoms with Crippen LogP contribution in [0.5, 0.6) is 0 Å². The van der Waals surface area contributed by atoms with Gasteiger partial charge in [0.25, 0.3) is 5.91 Å². The van der Waals surface area contributed by atoms with Crippen LogP contribution in [-0.2, 0) is 0 Å². The predicted molar refractivity (Wildman–Crippen MR) is 81.7 cm³/mol. The van der Waals surface area contributed by atoms with Crippen molar-refractivity contribution in [1.29, 1.82) is 0 Å². The molecule has 3 nitrogen and oxygen atoms in total. The van der Waals surface area contributed by atoms with Gasteiger partial charge in [-0.05, 0) is 42.7 Å². The van der Waals surface area contributed by atoms with E-state index >= 15 is 0 Å². The van der Waals surface area contributed by atoms with Crippen LogP contribution in [0.3, 0.4) is 0 Å². The third-order valence-electron chi connectivity index (χ3n) is 4.43. The number of nitrogens with zero attached hydrogens (tertiary/aromatic N) is 1. The molecule has 1 heterocycles. The number of nitrogens with two attached hydrogens (primary N) is 1. The van der Waals surface area contributed by atoms with Gasteiger partial charge >= 0.3 is 0 Å². The Kier molecular flexibility index (Phi) is 3.22. The molecule has 0 saturated carbocycles. The zero-order chi connectivity index (χ0) is 14.2. The molecule has 3 heteroatoms. The fourth-order valence-corrected chi connectivity index (χ4v) is 3.06. The maximum Gasteiger partial charge on any atom is 0.254 e. The first-order valence-corrected chi connectivity index (χ1v) is 7.15. The summed E-state index contributed by atoms with van der Waals surface area (Å²) in [6.07, 6.45) is 2.02. The molecule has 2 aromatic carbocycles. The molecule has 1 aliphatic heterocycles. The van der Waals surface area contributed by atoms with Crippen molar-refractivity contribution in [2.45, 2.75) is 25.3 Å². The Morgan fingerprint density at radius 1 is 1.25 bits per heavy atom. The molecule has 1 unspecified atom stereocenters. The summed E-state index contributed by atoms with van der Waals surface area (Å²) in [6, 6.07) is 14.0. The molecule has 104 valence electrons. The Morgan fingerprint density at radius 2 is 2.00 bits per heavy atom. The minimum absolute atomic E-state index is 0.0983. The molecular formula is C17H20N2O. The number of amides is 1. The van der Waals surface area contributed by atoms with Gasteiger partial charge in [0.15, 0.2) is 0 Å². The van der Waals surface area contributed by atoms with E-state index < -0.39 is 0 Å². The van der Waals surface area contributed by atoms with Gasteiger partial charge in [-0.2, -0.15) is 0 Å². The highest BCUT2D eigenvalue weighted by Crippen LogP contribution is 2.30. The zero-order valence-electron chi connectivity index (χ0n) is 11.8.